The van der Waals surface area contributed by atoms with E-state index in [1.807, 2.05) is 47.8 Å². The number of hydrogen-bond acceptors (Lipinski definition) is 4. The molecule has 21 heavy (non-hydrogen) atoms. The topological polar surface area (TPSA) is 68.0 Å². The molecule has 0 radical (unpaired) electrons. The maximum Gasteiger partial charge on any atom is 0.255 e. The molecule has 1 heterocycles. The minimum Gasteiger partial charge on any atom is -0.375 e. The number of rotatable bonds is 3. The summed E-state index contributed by atoms with van der Waals surface area (Å²) in [5.41, 5.74) is 8.74. The van der Waals surface area contributed by atoms with Crippen LogP contribution in [0.2, 0.25) is 0 Å². The third-order valence-corrected chi connectivity index (χ3v) is 3.65. The maximum atomic E-state index is 12.1. The number of amides is 1. The summed E-state index contributed by atoms with van der Waals surface area (Å²) in [6.07, 6.45) is 0. The van der Waals surface area contributed by atoms with E-state index < -0.39 is 0 Å². The number of carbonyl (C=O) groups excluding carboxylic acids is 1. The number of nitrogens with two attached hydrogens (primary N) is 1. The summed E-state index contributed by atoms with van der Waals surface area (Å²) in [7, 11) is 0. The number of nitrogens with zero attached hydrogens (tertiary/aromatic N) is 1. The third-order valence-electron chi connectivity index (χ3n) is 2.97. The first kappa shape index (κ1) is 13.3. The van der Waals surface area contributed by atoms with Crippen molar-refractivity contribution in [1.82, 2.24) is 4.98 Å². The van der Waals surface area contributed by atoms with E-state index in [-0.39, 0.29) is 5.91 Å². The van der Waals surface area contributed by atoms with Crippen LogP contribution in [0.5, 0.6) is 0 Å². The first-order valence-electron chi connectivity index (χ1n) is 6.40. The Hall–Kier alpha value is -2.66. The summed E-state index contributed by atoms with van der Waals surface area (Å²) < 4.78 is 0. The van der Waals surface area contributed by atoms with Crippen LogP contribution in [0.3, 0.4) is 0 Å². The molecule has 0 saturated carbocycles. The van der Waals surface area contributed by atoms with Crippen molar-refractivity contribution < 1.29 is 4.79 Å². The van der Waals surface area contributed by atoms with Gasteiger partial charge in [0.15, 0.2) is 5.13 Å². The summed E-state index contributed by atoms with van der Waals surface area (Å²) in [6, 6.07) is 16.7. The Balaban J connectivity index is 1.82. The van der Waals surface area contributed by atoms with Gasteiger partial charge in [0.05, 0.1) is 5.69 Å². The summed E-state index contributed by atoms with van der Waals surface area (Å²) in [5, 5.41) is 5.31. The number of aromatic nitrogens is 1. The molecular formula is C16H13N3OS. The minimum atomic E-state index is -0.134. The van der Waals surface area contributed by atoms with Gasteiger partial charge in [0.2, 0.25) is 0 Å². The molecule has 0 unspecified atom stereocenters. The van der Waals surface area contributed by atoms with Crippen molar-refractivity contribution in [1.29, 1.82) is 0 Å². The fourth-order valence-electron chi connectivity index (χ4n) is 1.97. The summed E-state index contributed by atoms with van der Waals surface area (Å²) >= 11 is 1.40. The van der Waals surface area contributed by atoms with Crippen molar-refractivity contribution in [3.8, 4) is 11.3 Å². The van der Waals surface area contributed by atoms with Crippen LogP contribution in [0.1, 0.15) is 10.4 Å². The lowest BCUT2D eigenvalue weighted by atomic mass is 10.1. The van der Waals surface area contributed by atoms with Gasteiger partial charge in [-0.15, -0.1) is 11.3 Å². The highest BCUT2D eigenvalue weighted by molar-refractivity contribution is 7.13. The summed E-state index contributed by atoms with van der Waals surface area (Å²) in [6.45, 7) is 0. The van der Waals surface area contributed by atoms with Gasteiger partial charge in [-0.25, -0.2) is 4.98 Å². The standard InChI is InChI=1S/C16H13N3OS/c17-16-19-14(10-21-16)12-7-4-8-13(9-12)18-15(20)11-5-2-1-3-6-11/h1-10H,(H2,17,19)(H,18,20). The number of nitrogens with one attached hydrogen (secondary N) is 1. The monoisotopic (exact) mass is 295 g/mol. The molecule has 0 aliphatic rings. The van der Waals surface area contributed by atoms with Crippen molar-refractivity contribution in [2.75, 3.05) is 11.1 Å². The van der Waals surface area contributed by atoms with E-state index in [9.17, 15) is 4.79 Å². The van der Waals surface area contributed by atoms with Crippen LogP contribution in [0.25, 0.3) is 11.3 Å². The van der Waals surface area contributed by atoms with Crippen molar-refractivity contribution in [3.63, 3.8) is 0 Å². The normalized spacial score (nSPS) is 10.3. The van der Waals surface area contributed by atoms with Crippen LogP contribution in [0.4, 0.5) is 10.8 Å². The average Bonchev–Trinajstić information content (AvgIpc) is 2.95. The Morgan fingerprint density at radius 1 is 1.10 bits per heavy atom. The zero-order valence-electron chi connectivity index (χ0n) is 11.1. The first-order chi connectivity index (χ1) is 10.2. The van der Waals surface area contributed by atoms with Crippen LogP contribution < -0.4 is 11.1 Å². The van der Waals surface area contributed by atoms with Gasteiger partial charge in [-0.1, -0.05) is 30.3 Å². The van der Waals surface area contributed by atoms with Crippen LogP contribution in [0.15, 0.2) is 60.0 Å². The molecule has 1 amide bonds. The highest BCUT2D eigenvalue weighted by Gasteiger charge is 2.07. The van der Waals surface area contributed by atoms with E-state index in [1.54, 1.807) is 12.1 Å². The number of carbonyl (C=O) groups is 1. The molecule has 0 spiro atoms. The van der Waals surface area contributed by atoms with E-state index in [1.165, 1.54) is 11.3 Å². The van der Waals surface area contributed by atoms with Gasteiger partial charge in [-0.3, -0.25) is 4.79 Å². The lowest BCUT2D eigenvalue weighted by molar-refractivity contribution is 0.102. The Morgan fingerprint density at radius 3 is 2.62 bits per heavy atom. The Bertz CT molecular complexity index is 768. The van der Waals surface area contributed by atoms with E-state index in [2.05, 4.69) is 10.3 Å². The van der Waals surface area contributed by atoms with Gasteiger partial charge >= 0.3 is 0 Å². The zero-order valence-corrected chi connectivity index (χ0v) is 11.9. The smallest absolute Gasteiger partial charge is 0.255 e. The van der Waals surface area contributed by atoms with Crippen LogP contribution in [-0.2, 0) is 0 Å². The van der Waals surface area contributed by atoms with E-state index in [0.29, 0.717) is 10.7 Å². The van der Waals surface area contributed by atoms with Gasteiger partial charge in [0, 0.05) is 22.2 Å². The molecule has 0 saturated heterocycles. The lowest BCUT2D eigenvalue weighted by Crippen LogP contribution is -2.11. The molecule has 2 aromatic carbocycles. The number of hydrogen-bond donors (Lipinski definition) is 2. The predicted octanol–water partition coefficient (Wildman–Crippen LogP) is 3.64. The molecule has 0 aliphatic carbocycles. The highest BCUT2D eigenvalue weighted by atomic mass is 32.1. The molecule has 3 rings (SSSR count). The number of anilines is 2. The van der Waals surface area contributed by atoms with Gasteiger partial charge in [-0.05, 0) is 24.3 Å². The molecule has 1 aromatic heterocycles. The van der Waals surface area contributed by atoms with Gasteiger partial charge in [0.1, 0.15) is 0 Å². The lowest BCUT2D eigenvalue weighted by Gasteiger charge is -2.06. The predicted molar refractivity (Wildman–Crippen MR) is 86.4 cm³/mol. The Labute approximate surface area is 126 Å². The SMILES string of the molecule is Nc1nc(-c2cccc(NC(=O)c3ccccc3)c2)cs1. The fraction of sp³-hybridized carbons (Fsp3) is 0. The Kier molecular flexibility index (Phi) is 3.66. The molecule has 5 heteroatoms. The zero-order chi connectivity index (χ0) is 14.7. The molecule has 4 nitrogen and oxygen atoms in total. The second-order valence-corrected chi connectivity index (χ2v) is 5.36. The largest absolute Gasteiger partial charge is 0.375 e. The molecular weight excluding hydrogens is 282 g/mol. The van der Waals surface area contributed by atoms with Crippen molar-refractivity contribution >= 4 is 28.1 Å². The fourth-order valence-corrected chi connectivity index (χ4v) is 2.54. The molecule has 3 N–H and O–H groups in total. The quantitative estimate of drug-likeness (QED) is 0.775. The van der Waals surface area contributed by atoms with Crippen LogP contribution in [0, 0.1) is 0 Å². The number of benzene rings is 2. The van der Waals surface area contributed by atoms with Crippen molar-refractivity contribution in [2.24, 2.45) is 0 Å². The second-order valence-electron chi connectivity index (χ2n) is 4.47. The number of nitrogen functional groups attached to an aromatic ring is 1. The highest BCUT2D eigenvalue weighted by Crippen LogP contribution is 2.25. The van der Waals surface area contributed by atoms with Crippen molar-refractivity contribution in [2.45, 2.75) is 0 Å². The van der Waals surface area contributed by atoms with Crippen LogP contribution >= 0.6 is 11.3 Å². The summed E-state index contributed by atoms with van der Waals surface area (Å²) in [4.78, 5) is 16.4. The van der Waals surface area contributed by atoms with Gasteiger partial charge in [-0.2, -0.15) is 0 Å². The van der Waals surface area contributed by atoms with Crippen molar-refractivity contribution in [3.05, 3.63) is 65.5 Å². The third kappa shape index (κ3) is 3.09. The molecule has 0 bridgehead atoms. The van der Waals surface area contributed by atoms with E-state index in [0.717, 1.165) is 16.9 Å². The first-order valence-corrected chi connectivity index (χ1v) is 7.28. The van der Waals surface area contributed by atoms with E-state index in [4.69, 9.17) is 5.73 Å². The maximum absolute atomic E-state index is 12.1. The van der Waals surface area contributed by atoms with E-state index >= 15 is 0 Å². The molecule has 0 fully saturated rings. The second kappa shape index (κ2) is 5.76. The van der Waals surface area contributed by atoms with Gasteiger partial charge < -0.3 is 11.1 Å². The number of thiazole rings is 1. The molecule has 104 valence electrons. The minimum absolute atomic E-state index is 0.134. The summed E-state index contributed by atoms with van der Waals surface area (Å²) in [5.74, 6) is -0.134. The average molecular weight is 295 g/mol. The molecule has 0 atom stereocenters. The Morgan fingerprint density at radius 2 is 1.90 bits per heavy atom. The molecule has 0 aliphatic heterocycles. The molecule has 3 aromatic rings. The van der Waals surface area contributed by atoms with Crippen LogP contribution in [-0.4, -0.2) is 10.9 Å². The van der Waals surface area contributed by atoms with Gasteiger partial charge in [0.25, 0.3) is 5.91 Å².